The summed E-state index contributed by atoms with van der Waals surface area (Å²) in [5.74, 6) is -0.236. The van der Waals surface area contributed by atoms with Gasteiger partial charge in [0.1, 0.15) is 5.82 Å². The summed E-state index contributed by atoms with van der Waals surface area (Å²) in [6.07, 6.45) is 0. The zero-order valence-electron chi connectivity index (χ0n) is 9.85. The van der Waals surface area contributed by atoms with Crippen molar-refractivity contribution in [2.45, 2.75) is 11.8 Å². The minimum Gasteiger partial charge on any atom is -0.207 e. The van der Waals surface area contributed by atoms with Gasteiger partial charge in [0.2, 0.25) is 0 Å². The van der Waals surface area contributed by atoms with Gasteiger partial charge in [0.25, 0.3) is 0 Å². The van der Waals surface area contributed by atoms with Gasteiger partial charge >= 0.3 is 0 Å². The zero-order valence-corrected chi connectivity index (χ0v) is 16.2. The van der Waals surface area contributed by atoms with Crippen LogP contribution in [0.3, 0.4) is 0 Å². The first kappa shape index (κ1) is 15.7. The summed E-state index contributed by atoms with van der Waals surface area (Å²) in [7, 11) is 0. The fourth-order valence-electron chi connectivity index (χ4n) is 1.73. The summed E-state index contributed by atoms with van der Waals surface area (Å²) in [6.45, 7) is 2.02. The second kappa shape index (κ2) is 6.37. The van der Waals surface area contributed by atoms with Crippen LogP contribution in [0, 0.1) is 12.7 Å². The number of hydrogen-bond donors (Lipinski definition) is 0. The molecule has 0 bridgehead atoms. The van der Waals surface area contributed by atoms with Crippen LogP contribution in [0.15, 0.2) is 43.7 Å². The van der Waals surface area contributed by atoms with Gasteiger partial charge in [-0.2, -0.15) is 0 Å². The lowest BCUT2D eigenvalue weighted by molar-refractivity contribution is 0.612. The Morgan fingerprint density at radius 2 is 1.63 bits per heavy atom. The van der Waals surface area contributed by atoms with Crippen LogP contribution in [0.1, 0.15) is 21.5 Å². The van der Waals surface area contributed by atoms with E-state index in [1.807, 2.05) is 25.1 Å². The third-order valence-electron chi connectivity index (χ3n) is 2.79. The second-order valence-electron chi connectivity index (χ2n) is 4.15. The maximum atomic E-state index is 14.0. The van der Waals surface area contributed by atoms with E-state index in [4.69, 9.17) is 0 Å². The van der Waals surface area contributed by atoms with Gasteiger partial charge < -0.3 is 0 Å². The number of benzene rings is 2. The molecule has 0 nitrogen and oxygen atoms in total. The lowest BCUT2D eigenvalue weighted by Gasteiger charge is -2.15. The lowest BCUT2D eigenvalue weighted by atomic mass is 10.0. The monoisotopic (exact) mass is 512 g/mol. The first-order valence-corrected chi connectivity index (χ1v) is 8.74. The summed E-state index contributed by atoms with van der Waals surface area (Å²) in [5, 5.41) is 0. The molecular weight excluding hydrogens is 507 g/mol. The quantitative estimate of drug-likeness (QED) is 0.381. The van der Waals surface area contributed by atoms with E-state index in [1.165, 1.54) is 6.07 Å². The topological polar surface area (TPSA) is 0 Å². The third-order valence-corrected chi connectivity index (χ3v) is 5.81. The van der Waals surface area contributed by atoms with Crippen LogP contribution in [0.25, 0.3) is 0 Å². The van der Waals surface area contributed by atoms with E-state index in [0.717, 1.165) is 24.5 Å². The molecule has 19 heavy (non-hydrogen) atoms. The zero-order chi connectivity index (χ0) is 14.2. The van der Waals surface area contributed by atoms with Crippen molar-refractivity contribution in [3.05, 3.63) is 66.3 Å². The Labute approximate surface area is 145 Å². The molecule has 0 saturated carbocycles. The Balaban J connectivity index is 2.49. The SMILES string of the molecule is Cc1cc(Br)c(C(Br)c2ccc(Br)cc2F)cc1Br. The van der Waals surface area contributed by atoms with E-state index in [9.17, 15) is 4.39 Å². The van der Waals surface area contributed by atoms with Gasteiger partial charge in [0.05, 0.1) is 4.83 Å². The van der Waals surface area contributed by atoms with Crippen molar-refractivity contribution in [2.75, 3.05) is 0 Å². The average molecular weight is 516 g/mol. The number of alkyl halides is 1. The highest BCUT2D eigenvalue weighted by Crippen LogP contribution is 2.39. The molecule has 0 aliphatic rings. The predicted molar refractivity (Wildman–Crippen MR) is 91.4 cm³/mol. The maximum Gasteiger partial charge on any atom is 0.129 e. The molecule has 0 heterocycles. The van der Waals surface area contributed by atoms with Gasteiger partial charge in [0.15, 0.2) is 0 Å². The van der Waals surface area contributed by atoms with E-state index in [0.29, 0.717) is 5.56 Å². The van der Waals surface area contributed by atoms with Crippen molar-refractivity contribution >= 4 is 63.7 Å². The molecule has 0 fully saturated rings. The van der Waals surface area contributed by atoms with Crippen molar-refractivity contribution in [2.24, 2.45) is 0 Å². The number of rotatable bonds is 2. The predicted octanol–water partition coefficient (Wildman–Crippen LogP) is 6.91. The van der Waals surface area contributed by atoms with Gasteiger partial charge in [-0.1, -0.05) is 69.8 Å². The molecule has 1 unspecified atom stereocenters. The van der Waals surface area contributed by atoms with Gasteiger partial charge in [-0.25, -0.2) is 4.39 Å². The molecule has 2 rings (SSSR count). The van der Waals surface area contributed by atoms with Crippen LogP contribution < -0.4 is 0 Å². The molecule has 5 heteroatoms. The Morgan fingerprint density at radius 3 is 2.26 bits per heavy atom. The molecule has 100 valence electrons. The molecule has 1 atom stereocenters. The van der Waals surface area contributed by atoms with Crippen LogP contribution in [-0.2, 0) is 0 Å². The number of aryl methyl sites for hydroxylation is 1. The minimum atomic E-state index is -0.236. The molecule has 2 aromatic carbocycles. The van der Waals surface area contributed by atoms with Gasteiger partial charge in [0, 0.05) is 19.0 Å². The van der Waals surface area contributed by atoms with E-state index in [-0.39, 0.29) is 10.6 Å². The van der Waals surface area contributed by atoms with Crippen LogP contribution in [-0.4, -0.2) is 0 Å². The molecule has 0 aliphatic heterocycles. The highest BCUT2D eigenvalue weighted by atomic mass is 79.9. The first-order chi connectivity index (χ1) is 8.90. The fraction of sp³-hybridized carbons (Fsp3) is 0.143. The van der Waals surface area contributed by atoms with E-state index < -0.39 is 0 Å². The van der Waals surface area contributed by atoms with Gasteiger partial charge in [-0.15, -0.1) is 0 Å². The van der Waals surface area contributed by atoms with Crippen LogP contribution in [0.2, 0.25) is 0 Å². The highest BCUT2D eigenvalue weighted by molar-refractivity contribution is 9.11. The van der Waals surface area contributed by atoms with E-state index in [1.54, 1.807) is 6.07 Å². The van der Waals surface area contributed by atoms with Gasteiger partial charge in [-0.05, 0) is 42.3 Å². The smallest absolute Gasteiger partial charge is 0.129 e. The molecule has 0 saturated heterocycles. The maximum absolute atomic E-state index is 14.0. The molecule has 0 aromatic heterocycles. The summed E-state index contributed by atoms with van der Waals surface area (Å²) < 4.78 is 16.7. The lowest BCUT2D eigenvalue weighted by Crippen LogP contribution is -1.98. The van der Waals surface area contributed by atoms with Crippen LogP contribution >= 0.6 is 63.7 Å². The average Bonchev–Trinajstić information content (AvgIpc) is 2.33. The Kier molecular flexibility index (Phi) is 5.26. The molecule has 0 spiro atoms. The van der Waals surface area contributed by atoms with Crippen molar-refractivity contribution < 1.29 is 4.39 Å². The molecule has 2 aromatic rings. The fourth-order valence-corrected chi connectivity index (χ4v) is 4.17. The first-order valence-electron chi connectivity index (χ1n) is 5.44. The second-order valence-corrected chi connectivity index (χ2v) is 7.69. The van der Waals surface area contributed by atoms with Crippen LogP contribution in [0.5, 0.6) is 0 Å². The summed E-state index contributed by atoms with van der Waals surface area (Å²) in [6, 6.07) is 9.11. The largest absolute Gasteiger partial charge is 0.207 e. The molecule has 0 aliphatic carbocycles. The van der Waals surface area contributed by atoms with E-state index >= 15 is 0 Å². The third kappa shape index (κ3) is 3.49. The van der Waals surface area contributed by atoms with Crippen molar-refractivity contribution in [3.63, 3.8) is 0 Å². The summed E-state index contributed by atoms with van der Waals surface area (Å²) in [4.78, 5) is -0.202. The number of hydrogen-bond acceptors (Lipinski definition) is 0. The summed E-state index contributed by atoms with van der Waals surface area (Å²) in [5.41, 5.74) is 2.73. The van der Waals surface area contributed by atoms with Crippen LogP contribution in [0.4, 0.5) is 4.39 Å². The van der Waals surface area contributed by atoms with Gasteiger partial charge in [-0.3, -0.25) is 0 Å². The molecule has 0 amide bonds. The Bertz CT molecular complexity index is 625. The van der Waals surface area contributed by atoms with Crippen molar-refractivity contribution in [1.29, 1.82) is 0 Å². The molecule has 0 radical (unpaired) electrons. The minimum absolute atomic E-state index is 0.202. The normalized spacial score (nSPS) is 12.5. The summed E-state index contributed by atoms with van der Waals surface area (Å²) >= 11 is 13.9. The molecular formula is C14H9Br4F. The van der Waals surface area contributed by atoms with E-state index in [2.05, 4.69) is 63.7 Å². The number of halogens is 5. The highest BCUT2D eigenvalue weighted by Gasteiger charge is 2.18. The molecule has 0 N–H and O–H groups in total. The Morgan fingerprint density at radius 1 is 0.947 bits per heavy atom. The van der Waals surface area contributed by atoms with Crippen molar-refractivity contribution in [3.8, 4) is 0 Å². The Hall–Kier alpha value is 0.290. The van der Waals surface area contributed by atoms with Crippen molar-refractivity contribution in [1.82, 2.24) is 0 Å². The standard InChI is InChI=1S/C14H9Br4F/c1-7-4-12(17)10(6-11(7)16)14(18)9-3-2-8(15)5-13(9)19/h2-6,14H,1H3.